The third kappa shape index (κ3) is 5.00. The second kappa shape index (κ2) is 10.8. The van der Waals surface area contributed by atoms with Crippen LogP contribution in [0, 0.1) is 0 Å². The monoisotopic (exact) mass is 574 g/mol. The Bertz CT molecular complexity index is 1650. The molecule has 2 atom stereocenters. The number of anilines is 1. The molecular formula is C32H25F3N2O5. The predicted octanol–water partition coefficient (Wildman–Crippen LogP) is 6.24. The number of ether oxygens (including phenoxy) is 3. The molecule has 2 aliphatic heterocycles. The van der Waals surface area contributed by atoms with E-state index in [4.69, 9.17) is 14.2 Å². The topological polar surface area (TPSA) is 77.1 Å². The van der Waals surface area contributed by atoms with Gasteiger partial charge in [0.2, 0.25) is 12.7 Å². The Balaban J connectivity index is 1.43. The maximum Gasteiger partial charge on any atom is 0.416 e. The Morgan fingerprint density at radius 3 is 2.48 bits per heavy atom. The van der Waals surface area contributed by atoms with Crippen molar-refractivity contribution in [2.45, 2.75) is 24.7 Å². The predicted molar refractivity (Wildman–Crippen MR) is 148 cm³/mol. The summed E-state index contributed by atoms with van der Waals surface area (Å²) in [4.78, 5) is 29.7. The molecule has 0 spiro atoms. The molecule has 1 N–H and O–H groups in total. The molecule has 4 aromatic rings. The van der Waals surface area contributed by atoms with Crippen molar-refractivity contribution in [2.24, 2.45) is 0 Å². The Morgan fingerprint density at radius 2 is 1.71 bits per heavy atom. The molecule has 6 rings (SSSR count). The molecule has 10 heteroatoms. The van der Waals surface area contributed by atoms with Gasteiger partial charge in [-0.2, -0.15) is 13.2 Å². The van der Waals surface area contributed by atoms with Gasteiger partial charge in [-0.1, -0.05) is 42.5 Å². The minimum Gasteiger partial charge on any atom is -0.497 e. The molecule has 0 fully saturated rings. The first-order valence-electron chi connectivity index (χ1n) is 13.1. The highest BCUT2D eigenvalue weighted by Crippen LogP contribution is 2.47. The van der Waals surface area contributed by atoms with Crippen LogP contribution in [0.15, 0.2) is 91.0 Å². The number of methoxy groups -OCH3 is 1. The number of carbonyl (C=O) groups excluding carboxylic acids is 2. The Hall–Kier alpha value is -4.99. The van der Waals surface area contributed by atoms with Gasteiger partial charge >= 0.3 is 6.18 Å². The van der Waals surface area contributed by atoms with Gasteiger partial charge in [-0.15, -0.1) is 0 Å². The fourth-order valence-corrected chi connectivity index (χ4v) is 5.44. The van der Waals surface area contributed by atoms with Crippen LogP contribution in [-0.2, 0) is 17.5 Å². The largest absolute Gasteiger partial charge is 0.497 e. The molecule has 0 bridgehead atoms. The lowest BCUT2D eigenvalue weighted by Gasteiger charge is -2.42. The lowest BCUT2D eigenvalue weighted by Crippen LogP contribution is -2.47. The first-order valence-corrected chi connectivity index (χ1v) is 13.1. The Morgan fingerprint density at radius 1 is 0.952 bits per heavy atom. The van der Waals surface area contributed by atoms with Crippen molar-refractivity contribution in [3.63, 3.8) is 0 Å². The Labute approximate surface area is 239 Å². The van der Waals surface area contributed by atoms with Gasteiger partial charge in [0, 0.05) is 23.9 Å². The van der Waals surface area contributed by atoms with Gasteiger partial charge in [0.15, 0.2) is 11.5 Å². The number of nitrogens with one attached hydrogen (secondary N) is 1. The summed E-state index contributed by atoms with van der Waals surface area (Å²) in [6.45, 7) is -0.0766. The van der Waals surface area contributed by atoms with Crippen LogP contribution in [0.5, 0.6) is 17.2 Å². The lowest BCUT2D eigenvalue weighted by atomic mass is 9.78. The number of nitrogens with zero attached hydrogens (tertiary/aromatic N) is 1. The second-order valence-electron chi connectivity index (χ2n) is 9.91. The van der Waals surface area contributed by atoms with Crippen LogP contribution in [0.25, 0.3) is 0 Å². The van der Waals surface area contributed by atoms with Gasteiger partial charge in [-0.05, 0) is 59.2 Å². The van der Waals surface area contributed by atoms with E-state index < -0.39 is 29.6 Å². The number of rotatable bonds is 6. The number of halogens is 3. The third-order valence-corrected chi connectivity index (χ3v) is 7.43. The van der Waals surface area contributed by atoms with Crippen LogP contribution in [-0.4, -0.2) is 25.7 Å². The van der Waals surface area contributed by atoms with E-state index in [1.165, 1.54) is 12.1 Å². The number of fused-ring (bicyclic) bond motifs is 2. The average Bonchev–Trinajstić information content (AvgIpc) is 3.48. The smallest absolute Gasteiger partial charge is 0.416 e. The number of hydrogen-bond donors (Lipinski definition) is 1. The molecular weight excluding hydrogens is 549 g/mol. The van der Waals surface area contributed by atoms with Crippen LogP contribution in [0.4, 0.5) is 18.9 Å². The standard InChI is InChI=1S/C32H25F3N2O5/c1-40-23-12-9-20(10-13-23)29-28(30(38)36-17-19-5-4-6-21(15-19)32(33,34)35)24-7-2-3-8-25(24)31(39)37(29)22-11-14-26-27(16-22)42-18-41-26/h2-16,28-29H,17-18H2,1H3,(H,36,38)/t28-,29+/m0/s1. The second-order valence-corrected chi connectivity index (χ2v) is 9.91. The first-order chi connectivity index (χ1) is 20.2. The van der Waals surface area contributed by atoms with Gasteiger partial charge in [-0.25, -0.2) is 0 Å². The number of carbonyl (C=O) groups is 2. The van der Waals surface area contributed by atoms with Crippen molar-refractivity contribution in [2.75, 3.05) is 18.8 Å². The van der Waals surface area contributed by atoms with E-state index in [9.17, 15) is 22.8 Å². The van der Waals surface area contributed by atoms with Crippen molar-refractivity contribution in [1.82, 2.24) is 5.32 Å². The molecule has 0 saturated carbocycles. The zero-order chi connectivity index (χ0) is 29.4. The van der Waals surface area contributed by atoms with Crippen LogP contribution in [0.1, 0.15) is 44.6 Å². The molecule has 4 aromatic carbocycles. The van der Waals surface area contributed by atoms with Crippen molar-refractivity contribution >= 4 is 17.5 Å². The molecule has 2 amide bonds. The molecule has 0 aliphatic carbocycles. The molecule has 2 heterocycles. The summed E-state index contributed by atoms with van der Waals surface area (Å²) in [5.41, 5.74) is 1.52. The highest BCUT2D eigenvalue weighted by molar-refractivity contribution is 6.11. The number of alkyl halides is 3. The Kier molecular flexibility index (Phi) is 6.97. The summed E-state index contributed by atoms with van der Waals surface area (Å²) in [5, 5.41) is 2.83. The van der Waals surface area contributed by atoms with Gasteiger partial charge in [-0.3, -0.25) is 14.5 Å². The summed E-state index contributed by atoms with van der Waals surface area (Å²) >= 11 is 0. The van der Waals surface area contributed by atoms with Crippen LogP contribution >= 0.6 is 0 Å². The van der Waals surface area contributed by atoms with Gasteiger partial charge < -0.3 is 19.5 Å². The summed E-state index contributed by atoms with van der Waals surface area (Å²) in [6.07, 6.45) is -4.51. The number of amides is 2. The van der Waals surface area contributed by atoms with Crippen molar-refractivity contribution in [1.29, 1.82) is 0 Å². The van der Waals surface area contributed by atoms with Gasteiger partial charge in [0.05, 0.1) is 24.6 Å². The lowest BCUT2D eigenvalue weighted by molar-refractivity contribution is -0.137. The first kappa shape index (κ1) is 27.2. The van der Waals surface area contributed by atoms with Crippen molar-refractivity contribution in [3.05, 3.63) is 119 Å². The maximum absolute atomic E-state index is 14.1. The van der Waals surface area contributed by atoms with Crippen LogP contribution < -0.4 is 24.4 Å². The van der Waals surface area contributed by atoms with E-state index in [0.29, 0.717) is 45.2 Å². The number of benzene rings is 4. The van der Waals surface area contributed by atoms with Crippen LogP contribution in [0.3, 0.4) is 0 Å². The molecule has 0 unspecified atom stereocenters. The zero-order valence-corrected chi connectivity index (χ0v) is 22.4. The normalized spacial score (nSPS) is 17.5. The summed E-state index contributed by atoms with van der Waals surface area (Å²) in [5.74, 6) is -0.0470. The summed E-state index contributed by atoms with van der Waals surface area (Å²) in [6, 6.07) is 23.1. The van der Waals surface area contributed by atoms with Gasteiger partial charge in [0.1, 0.15) is 5.75 Å². The molecule has 214 valence electrons. The molecule has 0 aromatic heterocycles. The van der Waals surface area contributed by atoms with Crippen LogP contribution in [0.2, 0.25) is 0 Å². The third-order valence-electron chi connectivity index (χ3n) is 7.43. The summed E-state index contributed by atoms with van der Waals surface area (Å²) < 4.78 is 56.2. The molecule has 0 radical (unpaired) electrons. The maximum atomic E-state index is 14.1. The van der Waals surface area contributed by atoms with E-state index in [1.54, 1.807) is 78.7 Å². The molecule has 42 heavy (non-hydrogen) atoms. The number of hydrogen-bond acceptors (Lipinski definition) is 5. The zero-order valence-electron chi connectivity index (χ0n) is 22.4. The van der Waals surface area contributed by atoms with E-state index in [0.717, 1.165) is 12.1 Å². The minimum absolute atomic E-state index is 0.0536. The van der Waals surface area contributed by atoms with Gasteiger partial charge in [0.25, 0.3) is 5.91 Å². The molecule has 7 nitrogen and oxygen atoms in total. The van der Waals surface area contributed by atoms with E-state index in [2.05, 4.69) is 5.32 Å². The highest BCUT2D eigenvalue weighted by Gasteiger charge is 2.45. The SMILES string of the molecule is COc1ccc([C@@H]2[C@@H](C(=O)NCc3cccc(C(F)(F)F)c3)c3ccccc3C(=O)N2c2ccc3c(c2)OCO3)cc1. The van der Waals surface area contributed by atoms with E-state index in [1.807, 2.05) is 0 Å². The minimum atomic E-state index is -4.51. The van der Waals surface area contributed by atoms with Crippen molar-refractivity contribution < 1.29 is 37.0 Å². The fourth-order valence-electron chi connectivity index (χ4n) is 5.44. The van der Waals surface area contributed by atoms with E-state index >= 15 is 0 Å². The molecule has 0 saturated heterocycles. The summed E-state index contributed by atoms with van der Waals surface area (Å²) in [7, 11) is 1.54. The van der Waals surface area contributed by atoms with Crippen molar-refractivity contribution in [3.8, 4) is 17.2 Å². The average molecular weight is 575 g/mol. The molecule has 2 aliphatic rings. The highest BCUT2D eigenvalue weighted by atomic mass is 19.4. The fraction of sp³-hybridized carbons (Fsp3) is 0.188. The quantitative estimate of drug-likeness (QED) is 0.295. The van der Waals surface area contributed by atoms with E-state index in [-0.39, 0.29) is 19.2 Å².